The lowest BCUT2D eigenvalue weighted by Gasteiger charge is -2.38. The minimum atomic E-state index is -0.254. The fourth-order valence-corrected chi connectivity index (χ4v) is 5.95. The number of ether oxygens (including phenoxy) is 2. The third-order valence-corrected chi connectivity index (χ3v) is 6.42. The summed E-state index contributed by atoms with van der Waals surface area (Å²) in [5, 5.41) is 0. The van der Waals surface area contributed by atoms with E-state index in [0.29, 0.717) is 29.1 Å². The Labute approximate surface area is 106 Å². The van der Waals surface area contributed by atoms with Gasteiger partial charge in [-0.25, -0.2) is 0 Å². The number of rotatable bonds is 2. The molecule has 4 saturated carbocycles. The highest BCUT2D eigenvalue weighted by molar-refractivity contribution is 5.85. The first-order valence-corrected chi connectivity index (χ1v) is 6.76. The molecule has 4 heteroatoms. The van der Waals surface area contributed by atoms with Crippen molar-refractivity contribution < 1.29 is 19.1 Å². The molecule has 0 radical (unpaired) electrons. The van der Waals surface area contributed by atoms with Crippen LogP contribution < -0.4 is 0 Å². The largest absolute Gasteiger partial charge is 0.469 e. The molecule has 0 heterocycles. The Morgan fingerprint density at radius 3 is 2.17 bits per heavy atom. The monoisotopic (exact) mass is 250 g/mol. The third-order valence-electron chi connectivity index (χ3n) is 6.42. The van der Waals surface area contributed by atoms with Crippen molar-refractivity contribution in [3.8, 4) is 0 Å². The highest BCUT2D eigenvalue weighted by Gasteiger charge is 2.92. The fraction of sp³-hybridized carbons (Fsp3) is 0.857. The molecule has 0 aromatic rings. The molecule has 0 saturated heterocycles. The van der Waals surface area contributed by atoms with Crippen molar-refractivity contribution in [2.75, 3.05) is 14.2 Å². The Bertz CT molecular complexity index is 443. The molecule has 8 atom stereocenters. The molecule has 4 rings (SSSR count). The zero-order valence-corrected chi connectivity index (χ0v) is 10.9. The Morgan fingerprint density at radius 2 is 1.61 bits per heavy atom. The standard InChI is InChI=1S/C14H18O4/c1-5-10-8(12(15)17-2)9(13(16)18-3)11-6-4-7(6)14(5,10)11/h5-11H,4H2,1-3H3/t5-,6?,7?,8?,9?,10?,11?,14?/m0/s1. The molecule has 0 aromatic heterocycles. The molecule has 18 heavy (non-hydrogen) atoms. The second-order valence-corrected chi connectivity index (χ2v) is 6.44. The summed E-state index contributed by atoms with van der Waals surface area (Å²) in [7, 11) is 2.83. The SMILES string of the molecule is COC(=O)C1C(C(=O)OC)C2[C@H](C)C23C2CC2C13. The number of carbonyl (C=O) groups excluding carboxylic acids is 2. The number of esters is 2. The molecule has 4 nitrogen and oxygen atoms in total. The van der Waals surface area contributed by atoms with E-state index >= 15 is 0 Å². The number of fused-ring (bicyclic) bond motifs is 2. The fourth-order valence-electron chi connectivity index (χ4n) is 5.95. The van der Waals surface area contributed by atoms with E-state index in [4.69, 9.17) is 9.47 Å². The van der Waals surface area contributed by atoms with Crippen LogP contribution in [0, 0.1) is 46.8 Å². The molecule has 4 aliphatic carbocycles. The second-order valence-electron chi connectivity index (χ2n) is 6.44. The first-order valence-electron chi connectivity index (χ1n) is 6.76. The summed E-state index contributed by atoms with van der Waals surface area (Å²) < 4.78 is 9.86. The molecule has 1 spiro atoms. The van der Waals surface area contributed by atoms with Crippen LogP contribution in [0.3, 0.4) is 0 Å². The summed E-state index contributed by atoms with van der Waals surface area (Å²) in [5.74, 6) is 1.87. The van der Waals surface area contributed by atoms with Crippen molar-refractivity contribution >= 4 is 11.9 Å². The molecule has 0 N–H and O–H groups in total. The van der Waals surface area contributed by atoms with Crippen LogP contribution in [0.2, 0.25) is 0 Å². The average molecular weight is 250 g/mol. The molecule has 0 bridgehead atoms. The van der Waals surface area contributed by atoms with E-state index in [2.05, 4.69) is 6.92 Å². The highest BCUT2D eigenvalue weighted by atomic mass is 16.5. The maximum Gasteiger partial charge on any atom is 0.309 e. The summed E-state index contributed by atoms with van der Waals surface area (Å²) in [6.45, 7) is 2.23. The number of carbonyl (C=O) groups is 2. The average Bonchev–Trinajstić information content (AvgIpc) is 3.21. The summed E-state index contributed by atoms with van der Waals surface area (Å²) in [6.07, 6.45) is 1.26. The van der Waals surface area contributed by atoms with Gasteiger partial charge in [0.15, 0.2) is 0 Å². The van der Waals surface area contributed by atoms with Crippen LogP contribution >= 0.6 is 0 Å². The van der Waals surface area contributed by atoms with Gasteiger partial charge in [-0.3, -0.25) is 9.59 Å². The van der Waals surface area contributed by atoms with Gasteiger partial charge in [0, 0.05) is 0 Å². The normalized spacial score (nSPS) is 57.6. The Kier molecular flexibility index (Phi) is 1.75. The van der Waals surface area contributed by atoms with Gasteiger partial charge in [-0.15, -0.1) is 0 Å². The van der Waals surface area contributed by atoms with Crippen LogP contribution in [0.15, 0.2) is 0 Å². The van der Waals surface area contributed by atoms with Crippen LogP contribution in [0.1, 0.15) is 13.3 Å². The van der Waals surface area contributed by atoms with E-state index in [-0.39, 0.29) is 23.8 Å². The number of hydrogen-bond acceptors (Lipinski definition) is 4. The Morgan fingerprint density at radius 1 is 1.06 bits per heavy atom. The number of hydrogen-bond donors (Lipinski definition) is 0. The predicted molar refractivity (Wildman–Crippen MR) is 61.2 cm³/mol. The summed E-state index contributed by atoms with van der Waals surface area (Å²) >= 11 is 0. The quantitative estimate of drug-likeness (QED) is 0.689. The van der Waals surface area contributed by atoms with Gasteiger partial charge in [-0.1, -0.05) is 6.92 Å². The second kappa shape index (κ2) is 2.91. The van der Waals surface area contributed by atoms with Gasteiger partial charge >= 0.3 is 11.9 Å². The zero-order valence-electron chi connectivity index (χ0n) is 10.9. The van der Waals surface area contributed by atoms with Crippen LogP contribution in [0.25, 0.3) is 0 Å². The smallest absolute Gasteiger partial charge is 0.309 e. The van der Waals surface area contributed by atoms with E-state index < -0.39 is 0 Å². The van der Waals surface area contributed by atoms with Crippen molar-refractivity contribution in [3.05, 3.63) is 0 Å². The molecule has 7 unspecified atom stereocenters. The van der Waals surface area contributed by atoms with Crippen molar-refractivity contribution in [3.63, 3.8) is 0 Å². The molecule has 0 aliphatic heterocycles. The van der Waals surface area contributed by atoms with Crippen molar-refractivity contribution in [1.29, 1.82) is 0 Å². The first-order chi connectivity index (χ1) is 8.60. The highest BCUT2D eigenvalue weighted by Crippen LogP contribution is 2.93. The molecule has 4 aliphatic rings. The van der Waals surface area contributed by atoms with Crippen LogP contribution in [0.4, 0.5) is 0 Å². The lowest BCUT2D eigenvalue weighted by Crippen LogP contribution is -2.42. The minimum Gasteiger partial charge on any atom is -0.469 e. The molecule has 0 aromatic carbocycles. The maximum absolute atomic E-state index is 12.0. The Balaban J connectivity index is 1.73. The van der Waals surface area contributed by atoms with Crippen molar-refractivity contribution in [2.24, 2.45) is 46.8 Å². The van der Waals surface area contributed by atoms with Crippen LogP contribution in [-0.4, -0.2) is 26.2 Å². The van der Waals surface area contributed by atoms with Gasteiger partial charge in [0.2, 0.25) is 0 Å². The van der Waals surface area contributed by atoms with Gasteiger partial charge in [0.1, 0.15) is 0 Å². The molecular formula is C14H18O4. The van der Waals surface area contributed by atoms with E-state index in [1.807, 2.05) is 0 Å². The van der Waals surface area contributed by atoms with Crippen molar-refractivity contribution in [2.45, 2.75) is 13.3 Å². The molecule has 98 valence electrons. The summed E-state index contributed by atoms with van der Waals surface area (Å²) in [4.78, 5) is 24.1. The number of methoxy groups -OCH3 is 2. The molecule has 4 fully saturated rings. The molecular weight excluding hydrogens is 232 g/mol. The van der Waals surface area contributed by atoms with Gasteiger partial charge in [0.05, 0.1) is 26.1 Å². The van der Waals surface area contributed by atoms with E-state index in [9.17, 15) is 9.59 Å². The molecule has 0 amide bonds. The van der Waals surface area contributed by atoms with Gasteiger partial charge in [-0.05, 0) is 41.4 Å². The minimum absolute atomic E-state index is 0.209. The van der Waals surface area contributed by atoms with Gasteiger partial charge in [0.25, 0.3) is 0 Å². The predicted octanol–water partition coefficient (Wildman–Crippen LogP) is 1.10. The van der Waals surface area contributed by atoms with Crippen LogP contribution in [0.5, 0.6) is 0 Å². The van der Waals surface area contributed by atoms with Crippen molar-refractivity contribution in [1.82, 2.24) is 0 Å². The summed E-state index contributed by atoms with van der Waals surface area (Å²) in [6, 6.07) is 0. The van der Waals surface area contributed by atoms with Gasteiger partial charge in [-0.2, -0.15) is 0 Å². The Hall–Kier alpha value is -1.06. The lowest BCUT2D eigenvalue weighted by molar-refractivity contribution is -0.160. The maximum atomic E-state index is 12.0. The lowest BCUT2D eigenvalue weighted by atomic mass is 9.65. The first kappa shape index (κ1) is 10.8. The van der Waals surface area contributed by atoms with E-state index in [1.165, 1.54) is 20.6 Å². The van der Waals surface area contributed by atoms with E-state index in [1.54, 1.807) is 0 Å². The topological polar surface area (TPSA) is 52.6 Å². The van der Waals surface area contributed by atoms with Crippen LogP contribution in [-0.2, 0) is 19.1 Å². The van der Waals surface area contributed by atoms with Gasteiger partial charge < -0.3 is 9.47 Å². The zero-order chi connectivity index (χ0) is 12.8. The summed E-state index contributed by atoms with van der Waals surface area (Å²) in [5.41, 5.74) is 0.294. The third kappa shape index (κ3) is 0.836. The van der Waals surface area contributed by atoms with E-state index in [0.717, 1.165) is 5.92 Å².